The highest BCUT2D eigenvalue weighted by Crippen LogP contribution is 2.12. The van der Waals surface area contributed by atoms with Crippen molar-refractivity contribution in [2.75, 3.05) is 26.2 Å². The molecule has 2 rings (SSSR count). The summed E-state index contributed by atoms with van der Waals surface area (Å²) in [5.41, 5.74) is 1.28. The summed E-state index contributed by atoms with van der Waals surface area (Å²) >= 11 is 5.91. The van der Waals surface area contributed by atoms with E-state index in [4.69, 9.17) is 11.6 Å². The summed E-state index contributed by atoms with van der Waals surface area (Å²) in [5.74, 6) is 1.07. The van der Waals surface area contributed by atoms with Gasteiger partial charge in [-0.3, -0.25) is 9.79 Å². The number of aliphatic imine (C=N–C) groups is 1. The summed E-state index contributed by atoms with van der Waals surface area (Å²) in [5, 5.41) is 7.52. The SMILES string of the molecule is CCNC(=NCCCc1ccc(Cl)cc1)NC1CCN(C(=O)CC)C1. The fraction of sp³-hybridized carbons (Fsp3) is 0.579. The van der Waals surface area contributed by atoms with Crippen molar-refractivity contribution in [1.82, 2.24) is 15.5 Å². The Morgan fingerprint density at radius 1 is 1.32 bits per heavy atom. The van der Waals surface area contributed by atoms with E-state index >= 15 is 0 Å². The van der Waals surface area contributed by atoms with Gasteiger partial charge in [0, 0.05) is 43.7 Å². The smallest absolute Gasteiger partial charge is 0.222 e. The van der Waals surface area contributed by atoms with Gasteiger partial charge in [0.15, 0.2) is 5.96 Å². The molecule has 0 bridgehead atoms. The number of halogens is 1. The Morgan fingerprint density at radius 2 is 2.08 bits per heavy atom. The maximum absolute atomic E-state index is 11.8. The number of guanidine groups is 1. The van der Waals surface area contributed by atoms with Crippen LogP contribution in [0.5, 0.6) is 0 Å². The molecule has 25 heavy (non-hydrogen) atoms. The van der Waals surface area contributed by atoms with Gasteiger partial charge in [-0.1, -0.05) is 30.7 Å². The van der Waals surface area contributed by atoms with E-state index in [2.05, 4.69) is 34.7 Å². The molecule has 1 fully saturated rings. The molecule has 1 aromatic carbocycles. The Bertz CT molecular complexity index is 573. The zero-order valence-corrected chi connectivity index (χ0v) is 16.0. The van der Waals surface area contributed by atoms with Gasteiger partial charge in [0.05, 0.1) is 0 Å². The van der Waals surface area contributed by atoms with Crippen LogP contribution in [0.15, 0.2) is 29.3 Å². The second kappa shape index (κ2) is 10.3. The monoisotopic (exact) mass is 364 g/mol. The van der Waals surface area contributed by atoms with Crippen LogP contribution in [0.2, 0.25) is 5.02 Å². The van der Waals surface area contributed by atoms with E-state index in [0.29, 0.717) is 6.42 Å². The van der Waals surface area contributed by atoms with Crippen molar-refractivity contribution in [1.29, 1.82) is 0 Å². The summed E-state index contributed by atoms with van der Waals surface area (Å²) < 4.78 is 0. The molecule has 6 heteroatoms. The predicted molar refractivity (Wildman–Crippen MR) is 104 cm³/mol. The van der Waals surface area contributed by atoms with Crippen LogP contribution in [-0.2, 0) is 11.2 Å². The lowest BCUT2D eigenvalue weighted by molar-refractivity contribution is -0.129. The molecule has 2 N–H and O–H groups in total. The number of hydrogen-bond acceptors (Lipinski definition) is 2. The van der Waals surface area contributed by atoms with Gasteiger partial charge in [-0.25, -0.2) is 0 Å². The van der Waals surface area contributed by atoms with Crippen LogP contribution in [0.4, 0.5) is 0 Å². The molecule has 0 spiro atoms. The summed E-state index contributed by atoms with van der Waals surface area (Å²) in [4.78, 5) is 18.4. The fourth-order valence-electron chi connectivity index (χ4n) is 2.97. The first-order valence-corrected chi connectivity index (χ1v) is 9.57. The maximum atomic E-state index is 11.8. The van der Waals surface area contributed by atoms with Crippen molar-refractivity contribution >= 4 is 23.5 Å². The molecule has 0 aromatic heterocycles. The molecule has 138 valence electrons. The van der Waals surface area contributed by atoms with E-state index in [-0.39, 0.29) is 11.9 Å². The Labute approximate surface area is 155 Å². The van der Waals surface area contributed by atoms with E-state index in [9.17, 15) is 4.79 Å². The molecule has 1 aliphatic heterocycles. The molecule has 0 saturated carbocycles. The number of nitrogens with one attached hydrogen (secondary N) is 2. The average Bonchev–Trinajstić information content (AvgIpc) is 3.08. The summed E-state index contributed by atoms with van der Waals surface area (Å²) in [6, 6.07) is 8.26. The zero-order valence-electron chi connectivity index (χ0n) is 15.2. The van der Waals surface area contributed by atoms with Crippen LogP contribution in [0.3, 0.4) is 0 Å². The highest BCUT2D eigenvalue weighted by molar-refractivity contribution is 6.30. The van der Waals surface area contributed by atoms with Gasteiger partial charge in [0.25, 0.3) is 0 Å². The van der Waals surface area contributed by atoms with Gasteiger partial charge < -0.3 is 15.5 Å². The minimum Gasteiger partial charge on any atom is -0.357 e. The van der Waals surface area contributed by atoms with Crippen LogP contribution in [-0.4, -0.2) is 49.0 Å². The second-order valence-electron chi connectivity index (χ2n) is 6.31. The highest BCUT2D eigenvalue weighted by Gasteiger charge is 2.25. The largest absolute Gasteiger partial charge is 0.357 e. The Hall–Kier alpha value is -1.75. The number of amides is 1. The number of carbonyl (C=O) groups excluding carboxylic acids is 1. The van der Waals surface area contributed by atoms with E-state index in [0.717, 1.165) is 56.4 Å². The van der Waals surface area contributed by atoms with Gasteiger partial charge >= 0.3 is 0 Å². The number of hydrogen-bond donors (Lipinski definition) is 2. The molecule has 0 aliphatic carbocycles. The van der Waals surface area contributed by atoms with Gasteiger partial charge in [-0.05, 0) is 43.9 Å². The minimum atomic E-state index is 0.231. The number of rotatable bonds is 7. The molecule has 1 unspecified atom stereocenters. The first kappa shape index (κ1) is 19.6. The van der Waals surface area contributed by atoms with Crippen molar-refractivity contribution < 1.29 is 4.79 Å². The zero-order chi connectivity index (χ0) is 18.1. The lowest BCUT2D eigenvalue weighted by Gasteiger charge is -2.18. The van der Waals surface area contributed by atoms with Gasteiger partial charge in [-0.2, -0.15) is 0 Å². The van der Waals surface area contributed by atoms with Crippen LogP contribution in [0.25, 0.3) is 0 Å². The van der Waals surface area contributed by atoms with E-state index in [1.807, 2.05) is 24.0 Å². The third kappa shape index (κ3) is 6.58. The van der Waals surface area contributed by atoms with Crippen molar-refractivity contribution in [3.63, 3.8) is 0 Å². The van der Waals surface area contributed by atoms with Crippen LogP contribution >= 0.6 is 11.6 Å². The summed E-state index contributed by atoms with van der Waals surface area (Å²) in [6.45, 7) is 7.17. The highest BCUT2D eigenvalue weighted by atomic mass is 35.5. The molecule has 0 radical (unpaired) electrons. The third-order valence-electron chi connectivity index (χ3n) is 4.34. The van der Waals surface area contributed by atoms with Crippen LogP contribution in [0, 0.1) is 0 Å². The van der Waals surface area contributed by atoms with Crippen LogP contribution in [0.1, 0.15) is 38.7 Å². The topological polar surface area (TPSA) is 56.7 Å². The van der Waals surface area contributed by atoms with Crippen LogP contribution < -0.4 is 10.6 Å². The lowest BCUT2D eigenvalue weighted by atomic mass is 10.1. The quantitative estimate of drug-likeness (QED) is 0.444. The molecule has 1 saturated heterocycles. The molecule has 1 heterocycles. The molecular formula is C19H29ClN4O. The fourth-order valence-corrected chi connectivity index (χ4v) is 3.09. The molecule has 1 atom stereocenters. The Balaban J connectivity index is 1.78. The van der Waals surface area contributed by atoms with Crippen molar-refractivity contribution in [3.05, 3.63) is 34.9 Å². The standard InChI is InChI=1S/C19H29ClN4O/c1-3-18(25)24-13-11-17(14-24)23-19(21-4-2)22-12-5-6-15-7-9-16(20)10-8-15/h7-10,17H,3-6,11-14H2,1-2H3,(H2,21,22,23). The van der Waals surface area contributed by atoms with Gasteiger partial charge in [0.1, 0.15) is 0 Å². The Morgan fingerprint density at radius 3 is 2.76 bits per heavy atom. The van der Waals surface area contributed by atoms with Gasteiger partial charge in [0.2, 0.25) is 5.91 Å². The molecular weight excluding hydrogens is 336 g/mol. The number of aryl methyl sites for hydroxylation is 1. The number of nitrogens with zero attached hydrogens (tertiary/aromatic N) is 2. The molecule has 1 amide bonds. The first-order chi connectivity index (χ1) is 12.1. The first-order valence-electron chi connectivity index (χ1n) is 9.19. The normalized spacial score (nSPS) is 17.6. The molecule has 5 nitrogen and oxygen atoms in total. The number of carbonyl (C=O) groups is 1. The van der Waals surface area contributed by atoms with Crippen molar-refractivity contribution in [2.24, 2.45) is 4.99 Å². The summed E-state index contributed by atoms with van der Waals surface area (Å²) in [6.07, 6.45) is 3.53. The minimum absolute atomic E-state index is 0.231. The van der Waals surface area contributed by atoms with Gasteiger partial charge in [-0.15, -0.1) is 0 Å². The van der Waals surface area contributed by atoms with Crippen molar-refractivity contribution in [3.8, 4) is 0 Å². The molecule has 1 aromatic rings. The van der Waals surface area contributed by atoms with E-state index in [1.54, 1.807) is 0 Å². The third-order valence-corrected chi connectivity index (χ3v) is 4.59. The molecule has 1 aliphatic rings. The average molecular weight is 365 g/mol. The lowest BCUT2D eigenvalue weighted by Crippen LogP contribution is -2.45. The van der Waals surface area contributed by atoms with Crippen molar-refractivity contribution in [2.45, 2.75) is 45.6 Å². The number of benzene rings is 1. The maximum Gasteiger partial charge on any atom is 0.222 e. The van der Waals surface area contributed by atoms with E-state index < -0.39 is 0 Å². The number of likely N-dealkylation sites (tertiary alicyclic amines) is 1. The summed E-state index contributed by atoms with van der Waals surface area (Å²) in [7, 11) is 0. The second-order valence-corrected chi connectivity index (χ2v) is 6.75. The van der Waals surface area contributed by atoms with E-state index in [1.165, 1.54) is 5.56 Å². The predicted octanol–water partition coefficient (Wildman–Crippen LogP) is 2.84. The Kier molecular flexibility index (Phi) is 8.06.